The van der Waals surface area contributed by atoms with Gasteiger partial charge in [0.25, 0.3) is 0 Å². The minimum absolute atomic E-state index is 0.0881. The summed E-state index contributed by atoms with van der Waals surface area (Å²) in [7, 11) is 0. The third-order valence-corrected chi connectivity index (χ3v) is 3.32. The predicted octanol–water partition coefficient (Wildman–Crippen LogP) is 4.62. The molecule has 0 saturated carbocycles. The van der Waals surface area contributed by atoms with Crippen LogP contribution in [0.5, 0.6) is 0 Å². The molecule has 0 saturated heterocycles. The van der Waals surface area contributed by atoms with Gasteiger partial charge >= 0.3 is 6.09 Å². The van der Waals surface area contributed by atoms with Gasteiger partial charge in [-0.2, -0.15) is 0 Å². The quantitative estimate of drug-likeness (QED) is 0.790. The van der Waals surface area contributed by atoms with Crippen molar-refractivity contribution in [2.24, 2.45) is 5.92 Å². The summed E-state index contributed by atoms with van der Waals surface area (Å²) in [4.78, 5) is 14.2. The van der Waals surface area contributed by atoms with Gasteiger partial charge in [-0.25, -0.2) is 4.79 Å². The van der Waals surface area contributed by atoms with Gasteiger partial charge in [-0.1, -0.05) is 20.3 Å². The van der Waals surface area contributed by atoms with Gasteiger partial charge in [-0.05, 0) is 45.7 Å². The molecule has 0 fully saturated rings. The van der Waals surface area contributed by atoms with Crippen LogP contribution in [0.4, 0.5) is 4.79 Å². The summed E-state index contributed by atoms with van der Waals surface area (Å²) in [5.41, 5.74) is -0.492. The molecule has 4 heteroatoms. The molecule has 20 heavy (non-hydrogen) atoms. The molecule has 1 rings (SSSR count). The molecule has 0 aliphatic heterocycles. The number of amides is 1. The molecule has 0 aliphatic rings. The van der Waals surface area contributed by atoms with E-state index >= 15 is 0 Å². The Kier molecular flexibility index (Phi) is 5.66. The molecule has 0 spiro atoms. The first-order chi connectivity index (χ1) is 9.30. The maximum Gasteiger partial charge on any atom is 0.410 e. The van der Waals surface area contributed by atoms with E-state index in [1.54, 1.807) is 11.2 Å². The van der Waals surface area contributed by atoms with E-state index in [2.05, 4.69) is 13.8 Å². The van der Waals surface area contributed by atoms with Crippen molar-refractivity contribution >= 4 is 6.09 Å². The molecule has 4 nitrogen and oxygen atoms in total. The van der Waals surface area contributed by atoms with Gasteiger partial charge in [0, 0.05) is 6.54 Å². The second kappa shape index (κ2) is 6.82. The Hall–Kier alpha value is -1.45. The van der Waals surface area contributed by atoms with Crippen LogP contribution in [-0.2, 0) is 4.74 Å². The normalized spacial score (nSPS) is 14.7. The number of nitrogens with zero attached hydrogens (tertiary/aromatic N) is 1. The Balaban J connectivity index is 3.00. The van der Waals surface area contributed by atoms with E-state index in [4.69, 9.17) is 9.15 Å². The first kappa shape index (κ1) is 16.6. The molecule has 2 atom stereocenters. The van der Waals surface area contributed by atoms with E-state index in [9.17, 15) is 4.79 Å². The monoisotopic (exact) mass is 281 g/mol. The van der Waals surface area contributed by atoms with E-state index in [0.29, 0.717) is 12.5 Å². The largest absolute Gasteiger partial charge is 0.467 e. The molecule has 1 aromatic rings. The first-order valence-corrected chi connectivity index (χ1v) is 7.33. The highest BCUT2D eigenvalue weighted by molar-refractivity contribution is 5.68. The fourth-order valence-electron chi connectivity index (χ4n) is 2.18. The lowest BCUT2D eigenvalue weighted by Gasteiger charge is -2.34. The summed E-state index contributed by atoms with van der Waals surface area (Å²) in [6, 6.07) is 3.69. The zero-order valence-electron chi connectivity index (χ0n) is 13.5. The van der Waals surface area contributed by atoms with Gasteiger partial charge < -0.3 is 9.15 Å². The Morgan fingerprint density at radius 1 is 1.40 bits per heavy atom. The summed E-state index contributed by atoms with van der Waals surface area (Å²) in [6.07, 6.45) is 2.32. The van der Waals surface area contributed by atoms with Gasteiger partial charge in [0.2, 0.25) is 0 Å². The van der Waals surface area contributed by atoms with Crippen LogP contribution in [0.15, 0.2) is 22.8 Å². The van der Waals surface area contributed by atoms with Crippen LogP contribution in [0, 0.1) is 5.92 Å². The Morgan fingerprint density at radius 3 is 2.45 bits per heavy atom. The van der Waals surface area contributed by atoms with Crippen molar-refractivity contribution in [1.82, 2.24) is 4.90 Å². The fourth-order valence-corrected chi connectivity index (χ4v) is 2.18. The third-order valence-electron chi connectivity index (χ3n) is 3.32. The van der Waals surface area contributed by atoms with Crippen LogP contribution < -0.4 is 0 Å². The van der Waals surface area contributed by atoms with Gasteiger partial charge in [0.15, 0.2) is 0 Å². The van der Waals surface area contributed by atoms with Crippen LogP contribution in [0.2, 0.25) is 0 Å². The molecular weight excluding hydrogens is 254 g/mol. The number of rotatable bonds is 5. The molecule has 0 bridgehead atoms. The van der Waals surface area contributed by atoms with E-state index in [1.807, 2.05) is 39.8 Å². The molecule has 1 amide bonds. The van der Waals surface area contributed by atoms with Crippen molar-refractivity contribution in [2.45, 2.75) is 59.6 Å². The lowest BCUT2D eigenvalue weighted by molar-refractivity contribution is 0.00807. The molecule has 1 aromatic heterocycles. The fraction of sp³-hybridized carbons (Fsp3) is 0.688. The number of ether oxygens (including phenoxy) is 1. The van der Waals surface area contributed by atoms with E-state index < -0.39 is 5.60 Å². The Bertz CT molecular complexity index is 406. The molecule has 1 heterocycles. The van der Waals surface area contributed by atoms with Crippen molar-refractivity contribution in [3.05, 3.63) is 24.2 Å². The Labute approximate surface area is 122 Å². The summed E-state index contributed by atoms with van der Waals surface area (Å²) in [6.45, 7) is 12.4. The molecular formula is C16H27NO3. The van der Waals surface area contributed by atoms with Gasteiger partial charge in [-0.15, -0.1) is 0 Å². The van der Waals surface area contributed by atoms with Crippen molar-refractivity contribution in [2.75, 3.05) is 6.54 Å². The van der Waals surface area contributed by atoms with E-state index in [1.165, 1.54) is 0 Å². The highest BCUT2D eigenvalue weighted by Crippen LogP contribution is 2.32. The van der Waals surface area contributed by atoms with Crippen LogP contribution in [0.1, 0.15) is 59.8 Å². The number of hydrogen-bond donors (Lipinski definition) is 0. The van der Waals surface area contributed by atoms with E-state index in [-0.39, 0.29) is 12.1 Å². The maximum absolute atomic E-state index is 12.4. The predicted molar refractivity (Wildman–Crippen MR) is 79.5 cm³/mol. The average molecular weight is 281 g/mol. The molecule has 0 aliphatic carbocycles. The average Bonchev–Trinajstić information content (AvgIpc) is 2.85. The van der Waals surface area contributed by atoms with Crippen molar-refractivity contribution in [3.63, 3.8) is 0 Å². The lowest BCUT2D eigenvalue weighted by atomic mass is 9.95. The van der Waals surface area contributed by atoms with Crippen LogP contribution >= 0.6 is 0 Å². The molecule has 0 N–H and O–H groups in total. The SMILES string of the molecule is CCC(C)C(c1ccco1)N(CC)C(=O)OC(C)(C)C. The minimum atomic E-state index is -0.492. The molecule has 0 radical (unpaired) electrons. The second-order valence-corrected chi connectivity index (χ2v) is 6.11. The number of carbonyl (C=O) groups excluding carboxylic acids is 1. The standard InChI is InChI=1S/C16H27NO3/c1-7-12(3)14(13-10-9-11-19-13)17(8-2)15(18)20-16(4,5)6/h9-12,14H,7-8H2,1-6H3. The number of furan rings is 1. The molecule has 114 valence electrons. The minimum Gasteiger partial charge on any atom is -0.467 e. The van der Waals surface area contributed by atoms with Crippen molar-refractivity contribution in [3.8, 4) is 0 Å². The van der Waals surface area contributed by atoms with Crippen molar-refractivity contribution < 1.29 is 13.9 Å². The molecule has 2 unspecified atom stereocenters. The van der Waals surface area contributed by atoms with Crippen LogP contribution in [-0.4, -0.2) is 23.1 Å². The topological polar surface area (TPSA) is 42.7 Å². The van der Waals surface area contributed by atoms with Crippen LogP contribution in [0.3, 0.4) is 0 Å². The zero-order chi connectivity index (χ0) is 15.3. The summed E-state index contributed by atoms with van der Waals surface area (Å²) in [5, 5.41) is 0. The smallest absolute Gasteiger partial charge is 0.410 e. The zero-order valence-corrected chi connectivity index (χ0v) is 13.5. The second-order valence-electron chi connectivity index (χ2n) is 6.11. The number of hydrogen-bond acceptors (Lipinski definition) is 3. The summed E-state index contributed by atoms with van der Waals surface area (Å²) < 4.78 is 11.0. The lowest BCUT2D eigenvalue weighted by Crippen LogP contribution is -2.41. The third kappa shape index (κ3) is 4.29. The van der Waals surface area contributed by atoms with E-state index in [0.717, 1.165) is 12.2 Å². The number of carbonyl (C=O) groups is 1. The highest BCUT2D eigenvalue weighted by Gasteiger charge is 2.32. The Morgan fingerprint density at radius 2 is 2.05 bits per heavy atom. The maximum atomic E-state index is 12.4. The van der Waals surface area contributed by atoms with Gasteiger partial charge in [0.05, 0.1) is 12.3 Å². The van der Waals surface area contributed by atoms with Crippen molar-refractivity contribution in [1.29, 1.82) is 0 Å². The van der Waals surface area contributed by atoms with Gasteiger partial charge in [0.1, 0.15) is 11.4 Å². The van der Waals surface area contributed by atoms with Crippen LogP contribution in [0.25, 0.3) is 0 Å². The summed E-state index contributed by atoms with van der Waals surface area (Å²) in [5.74, 6) is 1.11. The molecule has 0 aromatic carbocycles. The summed E-state index contributed by atoms with van der Waals surface area (Å²) >= 11 is 0. The van der Waals surface area contributed by atoms with Gasteiger partial charge in [-0.3, -0.25) is 4.90 Å². The highest BCUT2D eigenvalue weighted by atomic mass is 16.6. The first-order valence-electron chi connectivity index (χ1n) is 7.33.